The zero-order valence-electron chi connectivity index (χ0n) is 11.0. The molecule has 102 valence electrons. The number of rotatable bonds is 4. The van der Waals surface area contributed by atoms with Gasteiger partial charge in [-0.2, -0.15) is 5.10 Å². The Labute approximate surface area is 109 Å². The summed E-state index contributed by atoms with van der Waals surface area (Å²) >= 11 is 0. The van der Waals surface area contributed by atoms with Crippen molar-refractivity contribution in [1.82, 2.24) is 14.5 Å². The fraction of sp³-hybridized carbons (Fsp3) is 0.750. The molecule has 18 heavy (non-hydrogen) atoms. The van der Waals surface area contributed by atoms with Gasteiger partial charge < -0.3 is 0 Å². The first kappa shape index (κ1) is 13.5. The van der Waals surface area contributed by atoms with E-state index < -0.39 is 10.0 Å². The van der Waals surface area contributed by atoms with Crippen LogP contribution < -0.4 is 0 Å². The minimum absolute atomic E-state index is 0.277. The van der Waals surface area contributed by atoms with Gasteiger partial charge in [0.2, 0.25) is 10.0 Å². The van der Waals surface area contributed by atoms with Gasteiger partial charge >= 0.3 is 0 Å². The maximum absolute atomic E-state index is 12.2. The third-order valence-electron chi connectivity index (χ3n) is 3.86. The predicted molar refractivity (Wildman–Crippen MR) is 70.8 cm³/mol. The lowest BCUT2D eigenvalue weighted by molar-refractivity contribution is 0.313. The number of piperidine rings is 1. The van der Waals surface area contributed by atoms with E-state index in [0.717, 1.165) is 18.5 Å². The van der Waals surface area contributed by atoms with Crippen molar-refractivity contribution in [2.45, 2.75) is 44.3 Å². The smallest absolute Gasteiger partial charge is 0.216 e. The number of hydrogen-bond donors (Lipinski definition) is 1. The van der Waals surface area contributed by atoms with Crippen molar-refractivity contribution in [3.63, 3.8) is 0 Å². The van der Waals surface area contributed by atoms with Crippen LogP contribution >= 0.6 is 0 Å². The van der Waals surface area contributed by atoms with Crippen molar-refractivity contribution in [3.05, 3.63) is 18.0 Å². The fourth-order valence-corrected chi connectivity index (χ4v) is 4.03. The summed E-state index contributed by atoms with van der Waals surface area (Å²) in [7, 11) is -3.10. The summed E-state index contributed by atoms with van der Waals surface area (Å²) < 4.78 is 26.1. The highest BCUT2D eigenvalue weighted by atomic mass is 32.2. The molecule has 2 rings (SSSR count). The first-order chi connectivity index (χ1) is 8.55. The number of nitrogens with zero attached hydrogens (tertiary/aromatic N) is 2. The number of aromatic amines is 1. The molecule has 0 radical (unpaired) electrons. The van der Waals surface area contributed by atoms with Crippen LogP contribution in [0.2, 0.25) is 0 Å². The van der Waals surface area contributed by atoms with Crippen molar-refractivity contribution < 1.29 is 8.42 Å². The van der Waals surface area contributed by atoms with Crippen LogP contribution in [0.25, 0.3) is 0 Å². The summed E-state index contributed by atoms with van der Waals surface area (Å²) in [6.07, 6.45) is 4.16. The molecule has 2 heterocycles. The molecular weight excluding hydrogens is 250 g/mol. The molecule has 0 amide bonds. The molecule has 1 aromatic rings. The van der Waals surface area contributed by atoms with Gasteiger partial charge in [0.1, 0.15) is 0 Å². The second-order valence-electron chi connectivity index (χ2n) is 4.95. The lowest BCUT2D eigenvalue weighted by atomic mass is 9.95. The molecule has 0 aliphatic carbocycles. The van der Waals surface area contributed by atoms with Crippen molar-refractivity contribution in [2.75, 3.05) is 13.1 Å². The van der Waals surface area contributed by atoms with Crippen LogP contribution in [0, 0.1) is 0 Å². The molecule has 6 heteroatoms. The normalized spacial score (nSPS) is 21.0. The van der Waals surface area contributed by atoms with E-state index in [1.165, 1.54) is 0 Å². The molecule has 1 aliphatic heterocycles. The van der Waals surface area contributed by atoms with Crippen LogP contribution in [0.5, 0.6) is 0 Å². The Bertz CT molecular complexity index is 462. The molecule has 0 saturated carbocycles. The van der Waals surface area contributed by atoms with Crippen molar-refractivity contribution in [1.29, 1.82) is 0 Å². The van der Waals surface area contributed by atoms with Crippen LogP contribution in [0.3, 0.4) is 0 Å². The van der Waals surface area contributed by atoms with Crippen molar-refractivity contribution in [2.24, 2.45) is 0 Å². The summed E-state index contributed by atoms with van der Waals surface area (Å²) in [6.45, 7) is 4.95. The first-order valence-corrected chi connectivity index (χ1v) is 8.04. The lowest BCUT2D eigenvalue weighted by Crippen LogP contribution is -2.42. The van der Waals surface area contributed by atoms with Gasteiger partial charge in [-0.05, 0) is 32.3 Å². The van der Waals surface area contributed by atoms with E-state index in [4.69, 9.17) is 0 Å². The van der Waals surface area contributed by atoms with Gasteiger partial charge in [0, 0.05) is 30.9 Å². The zero-order chi connectivity index (χ0) is 13.2. The highest BCUT2D eigenvalue weighted by Gasteiger charge is 2.31. The quantitative estimate of drug-likeness (QED) is 0.906. The molecule has 0 bridgehead atoms. The van der Waals surface area contributed by atoms with Gasteiger partial charge in [-0.25, -0.2) is 12.7 Å². The zero-order valence-corrected chi connectivity index (χ0v) is 11.8. The SMILES string of the molecule is CC[C@H](C)S(=O)(=O)N1CCC(c2ccn[nH]2)CC1. The highest BCUT2D eigenvalue weighted by Crippen LogP contribution is 2.28. The maximum atomic E-state index is 12.2. The average Bonchev–Trinajstić information content (AvgIpc) is 2.91. The second kappa shape index (κ2) is 5.40. The van der Waals surface area contributed by atoms with Crippen LogP contribution in [-0.2, 0) is 10.0 Å². The van der Waals surface area contributed by atoms with Gasteiger partial charge in [0.25, 0.3) is 0 Å². The van der Waals surface area contributed by atoms with Crippen LogP contribution in [0.1, 0.15) is 44.7 Å². The molecule has 1 atom stereocenters. The number of sulfonamides is 1. The fourth-order valence-electron chi connectivity index (χ4n) is 2.38. The lowest BCUT2D eigenvalue weighted by Gasteiger charge is -2.32. The summed E-state index contributed by atoms with van der Waals surface area (Å²) in [5, 5.41) is 6.65. The van der Waals surface area contributed by atoms with Crippen molar-refractivity contribution in [3.8, 4) is 0 Å². The highest BCUT2D eigenvalue weighted by molar-refractivity contribution is 7.89. The topological polar surface area (TPSA) is 66.1 Å². The van der Waals surface area contributed by atoms with Gasteiger partial charge in [-0.1, -0.05) is 6.92 Å². The number of hydrogen-bond acceptors (Lipinski definition) is 3. The van der Waals surface area contributed by atoms with E-state index in [2.05, 4.69) is 10.2 Å². The summed E-state index contributed by atoms with van der Waals surface area (Å²) in [6, 6.07) is 1.98. The van der Waals surface area contributed by atoms with Gasteiger partial charge in [0.15, 0.2) is 0 Å². The summed E-state index contributed by atoms with van der Waals surface area (Å²) in [5.74, 6) is 0.413. The Kier molecular flexibility index (Phi) is 4.07. The third-order valence-corrected chi connectivity index (χ3v) is 6.29. The van der Waals surface area contributed by atoms with E-state index >= 15 is 0 Å². The maximum Gasteiger partial charge on any atom is 0.216 e. The molecular formula is C12H21N3O2S. The number of aromatic nitrogens is 2. The molecule has 1 saturated heterocycles. The minimum Gasteiger partial charge on any atom is -0.282 e. The Morgan fingerprint density at radius 1 is 1.50 bits per heavy atom. The molecule has 1 aromatic heterocycles. The Hall–Kier alpha value is -0.880. The Morgan fingerprint density at radius 3 is 2.67 bits per heavy atom. The van der Waals surface area contributed by atoms with Crippen LogP contribution in [0.15, 0.2) is 12.3 Å². The standard InChI is InChI=1S/C12H21N3O2S/c1-3-10(2)18(16,17)15-8-5-11(6-9-15)12-4-7-13-14-12/h4,7,10-11H,3,5-6,8-9H2,1-2H3,(H,13,14)/t10-/m0/s1. The second-order valence-corrected chi connectivity index (χ2v) is 7.30. The van der Waals surface area contributed by atoms with Gasteiger partial charge in [0.05, 0.1) is 5.25 Å². The monoisotopic (exact) mass is 271 g/mol. The Morgan fingerprint density at radius 2 is 2.17 bits per heavy atom. The van der Waals surface area contributed by atoms with E-state index in [1.54, 1.807) is 17.4 Å². The molecule has 0 spiro atoms. The van der Waals surface area contributed by atoms with E-state index in [0.29, 0.717) is 25.4 Å². The largest absolute Gasteiger partial charge is 0.282 e. The van der Waals surface area contributed by atoms with Gasteiger partial charge in [-0.3, -0.25) is 5.10 Å². The summed E-state index contributed by atoms with van der Waals surface area (Å²) in [5.41, 5.74) is 1.12. The minimum atomic E-state index is -3.10. The van der Waals surface area contributed by atoms with Gasteiger partial charge in [-0.15, -0.1) is 0 Å². The van der Waals surface area contributed by atoms with Crippen LogP contribution in [-0.4, -0.2) is 41.3 Å². The average molecular weight is 271 g/mol. The first-order valence-electron chi connectivity index (χ1n) is 6.54. The molecule has 1 N–H and O–H groups in total. The molecule has 5 nitrogen and oxygen atoms in total. The molecule has 0 unspecified atom stereocenters. The van der Waals surface area contributed by atoms with Crippen molar-refractivity contribution >= 4 is 10.0 Å². The molecule has 1 fully saturated rings. The third kappa shape index (κ3) is 2.59. The summed E-state index contributed by atoms with van der Waals surface area (Å²) in [4.78, 5) is 0. The predicted octanol–water partition coefficient (Wildman–Crippen LogP) is 1.72. The molecule has 1 aliphatic rings. The number of nitrogens with one attached hydrogen (secondary N) is 1. The van der Waals surface area contributed by atoms with E-state index in [1.807, 2.05) is 13.0 Å². The Balaban J connectivity index is 1.99. The number of H-pyrrole nitrogens is 1. The van der Waals surface area contributed by atoms with E-state index in [9.17, 15) is 8.42 Å². The van der Waals surface area contributed by atoms with E-state index in [-0.39, 0.29) is 5.25 Å². The molecule has 0 aromatic carbocycles. The van der Waals surface area contributed by atoms with Crippen LogP contribution in [0.4, 0.5) is 0 Å².